The smallest absolute Gasteiger partial charge is 0.379 e. The van der Waals surface area contributed by atoms with Gasteiger partial charge in [0.2, 0.25) is 0 Å². The lowest BCUT2D eigenvalue weighted by atomic mass is 10.1. The fourth-order valence-corrected chi connectivity index (χ4v) is 2.01. The molecule has 1 rings (SSSR count). The normalized spacial score (nSPS) is 10.0. The van der Waals surface area contributed by atoms with Gasteiger partial charge in [0.05, 0.1) is 12.2 Å². The van der Waals surface area contributed by atoms with Crippen molar-refractivity contribution in [3.05, 3.63) is 33.0 Å². The number of ketones is 1. The summed E-state index contributed by atoms with van der Waals surface area (Å²) >= 11 is 8.54. The molecular formula is C10H7BrClFO3. The van der Waals surface area contributed by atoms with Crippen molar-refractivity contribution in [1.29, 1.82) is 0 Å². The van der Waals surface area contributed by atoms with Gasteiger partial charge in [-0.2, -0.15) is 0 Å². The van der Waals surface area contributed by atoms with E-state index < -0.39 is 17.6 Å². The fourth-order valence-electron chi connectivity index (χ4n) is 1.06. The summed E-state index contributed by atoms with van der Waals surface area (Å²) in [5, 5.41) is 0.129. The van der Waals surface area contributed by atoms with Gasteiger partial charge in [-0.1, -0.05) is 11.6 Å². The Hall–Kier alpha value is -0.940. The molecule has 0 unspecified atom stereocenters. The Balaban J connectivity index is 3.14. The Morgan fingerprint density at radius 1 is 1.50 bits per heavy atom. The molecule has 0 N–H and O–H groups in total. The zero-order chi connectivity index (χ0) is 12.3. The van der Waals surface area contributed by atoms with Crippen molar-refractivity contribution in [2.45, 2.75) is 6.92 Å². The summed E-state index contributed by atoms with van der Waals surface area (Å²) in [6.07, 6.45) is 0. The quantitative estimate of drug-likeness (QED) is 0.490. The van der Waals surface area contributed by atoms with Crippen molar-refractivity contribution in [2.24, 2.45) is 0 Å². The monoisotopic (exact) mass is 308 g/mol. The number of esters is 1. The van der Waals surface area contributed by atoms with E-state index in [1.54, 1.807) is 6.92 Å². The van der Waals surface area contributed by atoms with Crippen LogP contribution in [0.3, 0.4) is 0 Å². The van der Waals surface area contributed by atoms with Gasteiger partial charge in [-0.25, -0.2) is 9.18 Å². The van der Waals surface area contributed by atoms with E-state index >= 15 is 0 Å². The first kappa shape index (κ1) is 13.1. The highest BCUT2D eigenvalue weighted by Crippen LogP contribution is 2.25. The van der Waals surface area contributed by atoms with Crippen LogP contribution in [0.2, 0.25) is 5.02 Å². The van der Waals surface area contributed by atoms with Crippen molar-refractivity contribution < 1.29 is 18.7 Å². The van der Waals surface area contributed by atoms with Crippen LogP contribution in [0.5, 0.6) is 0 Å². The highest BCUT2D eigenvalue weighted by atomic mass is 79.9. The third kappa shape index (κ3) is 2.80. The van der Waals surface area contributed by atoms with Crippen molar-refractivity contribution >= 4 is 39.3 Å². The second kappa shape index (κ2) is 5.41. The molecule has 0 fully saturated rings. The molecule has 1 aromatic carbocycles. The van der Waals surface area contributed by atoms with Gasteiger partial charge in [-0.15, -0.1) is 0 Å². The Morgan fingerprint density at radius 2 is 2.12 bits per heavy atom. The minimum Gasteiger partial charge on any atom is -0.460 e. The molecule has 0 saturated carbocycles. The van der Waals surface area contributed by atoms with Crippen molar-refractivity contribution in [1.82, 2.24) is 0 Å². The van der Waals surface area contributed by atoms with Crippen LogP contribution in [0, 0.1) is 5.82 Å². The van der Waals surface area contributed by atoms with E-state index in [0.717, 1.165) is 6.07 Å². The molecule has 0 aliphatic carbocycles. The van der Waals surface area contributed by atoms with Crippen molar-refractivity contribution in [3.8, 4) is 0 Å². The number of benzene rings is 1. The first-order valence-corrected chi connectivity index (χ1v) is 5.50. The second-order valence-corrected chi connectivity index (χ2v) is 4.08. The summed E-state index contributed by atoms with van der Waals surface area (Å²) in [4.78, 5) is 22.6. The SMILES string of the molecule is CCOC(=O)C(=O)c1c(F)cc(Cl)cc1Br. The Kier molecular flexibility index (Phi) is 4.44. The van der Waals surface area contributed by atoms with Crippen LogP contribution in [0.1, 0.15) is 17.3 Å². The van der Waals surface area contributed by atoms with E-state index in [2.05, 4.69) is 20.7 Å². The summed E-state index contributed by atoms with van der Waals surface area (Å²) in [7, 11) is 0. The topological polar surface area (TPSA) is 43.4 Å². The van der Waals surface area contributed by atoms with Crippen LogP contribution in [0.15, 0.2) is 16.6 Å². The van der Waals surface area contributed by atoms with E-state index in [-0.39, 0.29) is 21.7 Å². The molecule has 0 spiro atoms. The second-order valence-electron chi connectivity index (χ2n) is 2.79. The van der Waals surface area contributed by atoms with Crippen LogP contribution >= 0.6 is 27.5 Å². The van der Waals surface area contributed by atoms with E-state index in [0.29, 0.717) is 0 Å². The van der Waals surface area contributed by atoms with Gasteiger partial charge >= 0.3 is 5.97 Å². The maximum absolute atomic E-state index is 13.4. The number of carbonyl (C=O) groups is 2. The van der Waals surface area contributed by atoms with Gasteiger partial charge in [0.1, 0.15) is 5.82 Å². The van der Waals surface area contributed by atoms with Crippen molar-refractivity contribution in [3.63, 3.8) is 0 Å². The minimum atomic E-state index is -1.09. The van der Waals surface area contributed by atoms with Crippen LogP contribution in [0.25, 0.3) is 0 Å². The molecule has 0 radical (unpaired) electrons. The molecule has 1 aromatic rings. The maximum Gasteiger partial charge on any atom is 0.379 e. The number of Topliss-reactive ketones (excluding diaryl/α,β-unsaturated/α-hetero) is 1. The third-order valence-corrected chi connectivity index (χ3v) is 2.54. The van der Waals surface area contributed by atoms with Gasteiger partial charge in [0.25, 0.3) is 5.78 Å². The van der Waals surface area contributed by atoms with Crippen LogP contribution in [-0.2, 0) is 9.53 Å². The lowest BCUT2D eigenvalue weighted by Gasteiger charge is -2.05. The molecule has 0 aromatic heterocycles. The zero-order valence-corrected chi connectivity index (χ0v) is 10.6. The third-order valence-electron chi connectivity index (χ3n) is 1.69. The first-order valence-electron chi connectivity index (χ1n) is 4.33. The molecule has 3 nitrogen and oxygen atoms in total. The van der Waals surface area contributed by atoms with Crippen LogP contribution in [-0.4, -0.2) is 18.4 Å². The molecule has 0 amide bonds. The van der Waals surface area contributed by atoms with Gasteiger partial charge in [0, 0.05) is 9.50 Å². The van der Waals surface area contributed by atoms with Gasteiger partial charge in [0.15, 0.2) is 0 Å². The molecule has 0 heterocycles. The Bertz CT molecular complexity index is 425. The highest BCUT2D eigenvalue weighted by molar-refractivity contribution is 9.10. The molecule has 6 heteroatoms. The summed E-state index contributed by atoms with van der Waals surface area (Å²) in [6.45, 7) is 1.61. The molecule has 0 saturated heterocycles. The number of halogens is 3. The van der Waals surface area contributed by atoms with Crippen LogP contribution < -0.4 is 0 Å². The number of ether oxygens (including phenoxy) is 1. The average molecular weight is 310 g/mol. The summed E-state index contributed by atoms with van der Waals surface area (Å²) < 4.78 is 18.0. The van der Waals surface area contributed by atoms with Gasteiger partial charge < -0.3 is 4.74 Å². The van der Waals surface area contributed by atoms with E-state index in [9.17, 15) is 14.0 Å². The number of hydrogen-bond acceptors (Lipinski definition) is 3. The zero-order valence-electron chi connectivity index (χ0n) is 8.22. The number of carbonyl (C=O) groups excluding carboxylic acids is 2. The maximum atomic E-state index is 13.4. The summed E-state index contributed by atoms with van der Waals surface area (Å²) in [6, 6.07) is 2.29. The largest absolute Gasteiger partial charge is 0.460 e. The number of hydrogen-bond donors (Lipinski definition) is 0. The van der Waals surface area contributed by atoms with E-state index in [1.165, 1.54) is 6.07 Å². The molecule has 0 aliphatic heterocycles. The molecular weight excluding hydrogens is 302 g/mol. The molecule has 0 bridgehead atoms. The fraction of sp³-hybridized carbons (Fsp3) is 0.200. The van der Waals surface area contributed by atoms with E-state index in [1.807, 2.05) is 0 Å². The Morgan fingerprint density at radius 3 is 2.62 bits per heavy atom. The Labute approximate surface area is 105 Å². The molecule has 0 atom stereocenters. The van der Waals surface area contributed by atoms with Gasteiger partial charge in [-0.3, -0.25) is 4.79 Å². The first-order chi connectivity index (χ1) is 7.47. The highest BCUT2D eigenvalue weighted by Gasteiger charge is 2.24. The van der Waals surface area contributed by atoms with Crippen LogP contribution in [0.4, 0.5) is 4.39 Å². The van der Waals surface area contributed by atoms with Gasteiger partial charge in [-0.05, 0) is 35.0 Å². The molecule has 0 aliphatic rings. The minimum absolute atomic E-state index is 0.0530. The average Bonchev–Trinajstić information content (AvgIpc) is 2.16. The summed E-state index contributed by atoms with van der Waals surface area (Å²) in [5.74, 6) is -3.00. The van der Waals surface area contributed by atoms with Crippen molar-refractivity contribution in [2.75, 3.05) is 6.61 Å². The number of rotatable bonds is 3. The predicted molar refractivity (Wildman–Crippen MR) is 60.1 cm³/mol. The lowest BCUT2D eigenvalue weighted by molar-refractivity contribution is -0.137. The summed E-state index contributed by atoms with van der Waals surface area (Å²) in [5.41, 5.74) is -0.372. The van der Waals surface area contributed by atoms with E-state index in [4.69, 9.17) is 11.6 Å². The lowest BCUT2D eigenvalue weighted by Crippen LogP contribution is -2.19. The standard InChI is InChI=1S/C10H7BrClFO3/c1-2-16-10(15)9(14)8-6(11)3-5(12)4-7(8)13/h3-4H,2H2,1H3. The molecule has 86 valence electrons. The molecule has 16 heavy (non-hydrogen) atoms. The predicted octanol–water partition coefficient (Wildman–Crippen LogP) is 2.99.